The molecule has 0 aliphatic carbocycles. The van der Waals surface area contributed by atoms with E-state index < -0.39 is 0 Å². The van der Waals surface area contributed by atoms with E-state index in [9.17, 15) is 4.79 Å². The van der Waals surface area contributed by atoms with Gasteiger partial charge in [-0.15, -0.1) is 10.2 Å². The fourth-order valence-electron chi connectivity index (χ4n) is 3.47. The van der Waals surface area contributed by atoms with Gasteiger partial charge in [0.2, 0.25) is 0 Å². The van der Waals surface area contributed by atoms with Crippen LogP contribution < -0.4 is 9.47 Å². The van der Waals surface area contributed by atoms with Crippen LogP contribution in [0, 0.1) is 6.92 Å². The van der Waals surface area contributed by atoms with Crippen molar-refractivity contribution in [2.75, 3.05) is 20.0 Å². The predicted molar refractivity (Wildman–Crippen MR) is 124 cm³/mol. The minimum Gasteiger partial charge on any atom is -0.497 e. The number of nitrogens with zero attached hydrogens (tertiary/aromatic N) is 3. The number of rotatable bonds is 11. The molecule has 3 rings (SSSR count). The number of ketones is 1. The number of Topliss-reactive ketones (excluding diaryl/α,β-unsaturated/α-hetero) is 1. The largest absolute Gasteiger partial charge is 0.497 e. The standard InChI is InChI=1S/C24H29N3O3S/c1-5-27-23(8-6-7-18-9-14-22(30-4)17(2)15-18)25-26-24(27)31-16-21(28)19-10-12-20(29-3)13-11-19/h9-15H,5-8,16H2,1-4H3. The minimum atomic E-state index is 0.0646. The van der Waals surface area contributed by atoms with Gasteiger partial charge < -0.3 is 14.0 Å². The van der Waals surface area contributed by atoms with E-state index in [1.54, 1.807) is 38.5 Å². The van der Waals surface area contributed by atoms with Gasteiger partial charge in [-0.05, 0) is 68.1 Å². The highest BCUT2D eigenvalue weighted by molar-refractivity contribution is 7.99. The number of benzene rings is 2. The van der Waals surface area contributed by atoms with Gasteiger partial charge >= 0.3 is 0 Å². The Labute approximate surface area is 188 Å². The van der Waals surface area contributed by atoms with Crippen LogP contribution >= 0.6 is 11.8 Å². The Morgan fingerprint density at radius 3 is 2.45 bits per heavy atom. The monoisotopic (exact) mass is 439 g/mol. The average molecular weight is 440 g/mol. The van der Waals surface area contributed by atoms with Gasteiger partial charge in [-0.1, -0.05) is 23.9 Å². The molecule has 0 amide bonds. The molecule has 0 saturated carbocycles. The summed E-state index contributed by atoms with van der Waals surface area (Å²) >= 11 is 1.44. The van der Waals surface area contributed by atoms with E-state index in [4.69, 9.17) is 9.47 Å². The molecule has 0 unspecified atom stereocenters. The Bertz CT molecular complexity index is 1020. The molecule has 0 aliphatic heterocycles. The van der Waals surface area contributed by atoms with Crippen LogP contribution in [0.2, 0.25) is 0 Å². The summed E-state index contributed by atoms with van der Waals surface area (Å²) in [7, 11) is 3.31. The summed E-state index contributed by atoms with van der Waals surface area (Å²) in [6.45, 7) is 4.92. The molecule has 0 aliphatic rings. The molecule has 0 spiro atoms. The molecule has 0 bridgehead atoms. The summed E-state index contributed by atoms with van der Waals surface area (Å²) in [4.78, 5) is 12.5. The first-order valence-corrected chi connectivity index (χ1v) is 11.4. The van der Waals surface area contributed by atoms with Crippen molar-refractivity contribution < 1.29 is 14.3 Å². The van der Waals surface area contributed by atoms with E-state index in [0.29, 0.717) is 11.3 Å². The number of hydrogen-bond donors (Lipinski definition) is 0. The molecular weight excluding hydrogens is 410 g/mol. The Balaban J connectivity index is 1.56. The van der Waals surface area contributed by atoms with Crippen molar-refractivity contribution in [2.24, 2.45) is 0 Å². The molecule has 0 atom stereocenters. The molecule has 2 aromatic carbocycles. The lowest BCUT2D eigenvalue weighted by atomic mass is 10.0. The third-order valence-corrected chi connectivity index (χ3v) is 6.15. The zero-order chi connectivity index (χ0) is 22.2. The second-order valence-electron chi connectivity index (χ2n) is 7.24. The Kier molecular flexibility index (Phi) is 8.12. The fraction of sp³-hybridized carbons (Fsp3) is 0.375. The summed E-state index contributed by atoms with van der Waals surface area (Å²) in [6.07, 6.45) is 2.80. The van der Waals surface area contributed by atoms with Crippen LogP contribution in [-0.4, -0.2) is 40.5 Å². The summed E-state index contributed by atoms with van der Waals surface area (Å²) in [5, 5.41) is 9.50. The number of aromatic nitrogens is 3. The molecule has 164 valence electrons. The van der Waals surface area contributed by atoms with Crippen molar-refractivity contribution in [1.29, 1.82) is 0 Å². The van der Waals surface area contributed by atoms with Crippen molar-refractivity contribution >= 4 is 17.5 Å². The molecular formula is C24H29N3O3S. The van der Waals surface area contributed by atoms with Crippen LogP contribution in [0.3, 0.4) is 0 Å². The topological polar surface area (TPSA) is 66.2 Å². The summed E-state index contributed by atoms with van der Waals surface area (Å²) in [5.74, 6) is 3.02. The molecule has 0 saturated heterocycles. The van der Waals surface area contributed by atoms with Crippen molar-refractivity contribution in [1.82, 2.24) is 14.8 Å². The van der Waals surface area contributed by atoms with Gasteiger partial charge in [0.05, 0.1) is 20.0 Å². The molecule has 3 aromatic rings. The number of thioether (sulfide) groups is 1. The molecule has 0 N–H and O–H groups in total. The second-order valence-corrected chi connectivity index (χ2v) is 8.18. The lowest BCUT2D eigenvalue weighted by molar-refractivity contribution is 0.102. The number of hydrogen-bond acceptors (Lipinski definition) is 6. The van der Waals surface area contributed by atoms with Gasteiger partial charge in [-0.25, -0.2) is 0 Å². The molecule has 1 heterocycles. The molecule has 6 nitrogen and oxygen atoms in total. The van der Waals surface area contributed by atoms with Crippen LogP contribution in [-0.2, 0) is 19.4 Å². The van der Waals surface area contributed by atoms with Crippen LogP contribution in [0.15, 0.2) is 47.6 Å². The fourth-order valence-corrected chi connectivity index (χ4v) is 4.38. The first-order chi connectivity index (χ1) is 15.0. The second kappa shape index (κ2) is 11.0. The number of carbonyl (C=O) groups is 1. The third kappa shape index (κ3) is 5.88. The maximum atomic E-state index is 12.5. The van der Waals surface area contributed by atoms with Gasteiger partial charge in [0.1, 0.15) is 17.3 Å². The smallest absolute Gasteiger partial charge is 0.191 e. The average Bonchev–Trinajstić information content (AvgIpc) is 3.19. The Morgan fingerprint density at radius 1 is 1.03 bits per heavy atom. The quantitative estimate of drug-likeness (QED) is 0.317. The highest BCUT2D eigenvalue weighted by atomic mass is 32.2. The van der Waals surface area contributed by atoms with Gasteiger partial charge in [-0.2, -0.15) is 0 Å². The van der Waals surface area contributed by atoms with Crippen LogP contribution in [0.5, 0.6) is 11.5 Å². The van der Waals surface area contributed by atoms with Gasteiger partial charge in [0, 0.05) is 18.5 Å². The van der Waals surface area contributed by atoms with E-state index in [1.807, 2.05) is 6.07 Å². The number of ether oxygens (including phenoxy) is 2. The highest BCUT2D eigenvalue weighted by Gasteiger charge is 2.14. The molecule has 0 fully saturated rings. The maximum absolute atomic E-state index is 12.5. The van der Waals surface area contributed by atoms with Gasteiger partial charge in [0.25, 0.3) is 0 Å². The molecule has 1 aromatic heterocycles. The Hall–Kier alpha value is -2.80. The Morgan fingerprint density at radius 2 is 1.81 bits per heavy atom. The lowest BCUT2D eigenvalue weighted by Gasteiger charge is -2.09. The molecule has 0 radical (unpaired) electrons. The van der Waals surface area contributed by atoms with Crippen molar-refractivity contribution in [3.8, 4) is 11.5 Å². The van der Waals surface area contributed by atoms with Crippen molar-refractivity contribution in [3.63, 3.8) is 0 Å². The number of methoxy groups -OCH3 is 2. The van der Waals surface area contributed by atoms with Gasteiger partial charge in [0.15, 0.2) is 10.9 Å². The summed E-state index contributed by atoms with van der Waals surface area (Å²) in [5.41, 5.74) is 3.11. The first-order valence-electron chi connectivity index (χ1n) is 10.4. The zero-order valence-electron chi connectivity index (χ0n) is 18.6. The highest BCUT2D eigenvalue weighted by Crippen LogP contribution is 2.22. The summed E-state index contributed by atoms with van der Waals surface area (Å²) in [6, 6.07) is 13.5. The summed E-state index contributed by atoms with van der Waals surface area (Å²) < 4.78 is 12.6. The predicted octanol–water partition coefficient (Wildman–Crippen LogP) is 4.77. The van der Waals surface area contributed by atoms with Crippen molar-refractivity contribution in [3.05, 3.63) is 65.0 Å². The third-order valence-electron chi connectivity index (χ3n) is 5.18. The lowest BCUT2D eigenvalue weighted by Crippen LogP contribution is -2.07. The first kappa shape index (κ1) is 22.9. The number of aryl methyl sites for hydroxylation is 3. The minimum absolute atomic E-state index is 0.0646. The SMILES string of the molecule is CCn1c(CCCc2ccc(OC)c(C)c2)nnc1SCC(=O)c1ccc(OC)cc1. The zero-order valence-corrected chi connectivity index (χ0v) is 19.4. The van der Waals surface area contributed by atoms with Crippen LogP contribution in [0.25, 0.3) is 0 Å². The van der Waals surface area contributed by atoms with Crippen molar-refractivity contribution in [2.45, 2.75) is 44.8 Å². The van der Waals surface area contributed by atoms with E-state index in [-0.39, 0.29) is 5.78 Å². The van der Waals surface area contributed by atoms with Crippen LogP contribution in [0.1, 0.15) is 40.7 Å². The van der Waals surface area contributed by atoms with E-state index in [0.717, 1.165) is 53.9 Å². The molecule has 7 heteroatoms. The number of carbonyl (C=O) groups excluding carboxylic acids is 1. The normalized spacial score (nSPS) is 10.8. The maximum Gasteiger partial charge on any atom is 0.191 e. The van der Waals surface area contributed by atoms with E-state index in [1.165, 1.54) is 17.3 Å². The van der Waals surface area contributed by atoms with Crippen LogP contribution in [0.4, 0.5) is 0 Å². The molecule has 31 heavy (non-hydrogen) atoms. The van der Waals surface area contributed by atoms with E-state index in [2.05, 4.69) is 40.7 Å². The van der Waals surface area contributed by atoms with Gasteiger partial charge in [-0.3, -0.25) is 4.79 Å². The van der Waals surface area contributed by atoms with E-state index >= 15 is 0 Å².